The van der Waals surface area contributed by atoms with Gasteiger partial charge in [-0.3, -0.25) is 9.89 Å². The van der Waals surface area contributed by atoms with Crippen molar-refractivity contribution < 1.29 is 4.74 Å². The van der Waals surface area contributed by atoms with E-state index in [-0.39, 0.29) is 24.0 Å². The van der Waals surface area contributed by atoms with Crippen molar-refractivity contribution in [2.24, 2.45) is 4.99 Å². The molecule has 8 heteroatoms. The number of rotatable bonds is 8. The highest BCUT2D eigenvalue weighted by Crippen LogP contribution is 2.11. The molecule has 7 nitrogen and oxygen atoms in total. The third kappa shape index (κ3) is 7.24. The lowest BCUT2D eigenvalue weighted by atomic mass is 10.1. The van der Waals surface area contributed by atoms with Crippen LogP contribution < -0.4 is 10.6 Å². The summed E-state index contributed by atoms with van der Waals surface area (Å²) in [5, 5.41) is 11.1. The van der Waals surface area contributed by atoms with Gasteiger partial charge in [-0.1, -0.05) is 12.1 Å². The number of halogens is 1. The van der Waals surface area contributed by atoms with Gasteiger partial charge in [-0.15, -0.1) is 24.0 Å². The van der Waals surface area contributed by atoms with Crippen LogP contribution in [0.25, 0.3) is 5.69 Å². The lowest BCUT2D eigenvalue weighted by Gasteiger charge is -2.37. The number of hydrogen-bond acceptors (Lipinski definition) is 4. The molecule has 166 valence electrons. The first-order chi connectivity index (χ1) is 14.2. The standard InChI is InChI=1S/C22H34N6O.HI/c1-4-23-22(25-16-18(2)27-14-15-29-17-19(27)3)24-12-10-20-6-8-21(9-7-20)28-13-5-11-26-28;/h5-9,11,13,18-19H,4,10,12,14-17H2,1-3H3,(H2,23,24,25);1H. The molecule has 1 aromatic carbocycles. The molecule has 2 heterocycles. The summed E-state index contributed by atoms with van der Waals surface area (Å²) in [7, 11) is 0. The number of nitrogens with zero attached hydrogens (tertiary/aromatic N) is 4. The van der Waals surface area contributed by atoms with E-state index in [1.807, 2.05) is 16.9 Å². The van der Waals surface area contributed by atoms with Gasteiger partial charge in [0.2, 0.25) is 0 Å². The Kier molecular flexibility index (Phi) is 10.6. The zero-order valence-corrected chi connectivity index (χ0v) is 20.6. The Labute approximate surface area is 197 Å². The highest BCUT2D eigenvalue weighted by molar-refractivity contribution is 14.0. The Morgan fingerprint density at radius 2 is 2.10 bits per heavy atom. The monoisotopic (exact) mass is 526 g/mol. The Hall–Kier alpha value is -1.65. The quantitative estimate of drug-likeness (QED) is 0.315. The second kappa shape index (κ2) is 12.9. The van der Waals surface area contributed by atoms with Crippen LogP contribution in [-0.4, -0.2) is 72.1 Å². The van der Waals surface area contributed by atoms with Crippen LogP contribution in [-0.2, 0) is 11.2 Å². The molecule has 1 aliphatic heterocycles. The lowest BCUT2D eigenvalue weighted by molar-refractivity contribution is -0.0165. The summed E-state index contributed by atoms with van der Waals surface area (Å²) in [5.41, 5.74) is 2.37. The van der Waals surface area contributed by atoms with Crippen LogP contribution in [0.3, 0.4) is 0 Å². The summed E-state index contributed by atoms with van der Waals surface area (Å²) in [6, 6.07) is 11.3. The Bertz CT molecular complexity index is 749. The Morgan fingerprint density at radius 1 is 1.30 bits per heavy atom. The summed E-state index contributed by atoms with van der Waals surface area (Å²) in [6.45, 7) is 11.6. The minimum atomic E-state index is 0. The summed E-state index contributed by atoms with van der Waals surface area (Å²) < 4.78 is 7.41. The number of hydrogen-bond donors (Lipinski definition) is 2. The number of guanidine groups is 1. The molecule has 0 amide bonds. The van der Waals surface area contributed by atoms with Crippen molar-refractivity contribution in [1.29, 1.82) is 0 Å². The third-order valence-electron chi connectivity index (χ3n) is 5.25. The van der Waals surface area contributed by atoms with Crippen LogP contribution in [0.5, 0.6) is 0 Å². The Balaban J connectivity index is 0.00000320. The number of morpholine rings is 1. The van der Waals surface area contributed by atoms with Gasteiger partial charge in [-0.05, 0) is 51.0 Å². The maximum absolute atomic E-state index is 5.54. The normalized spacial score (nSPS) is 18.5. The molecule has 0 bridgehead atoms. The molecule has 2 aromatic rings. The summed E-state index contributed by atoms with van der Waals surface area (Å²) in [4.78, 5) is 7.29. The van der Waals surface area contributed by atoms with E-state index in [1.165, 1.54) is 5.56 Å². The van der Waals surface area contributed by atoms with Gasteiger partial charge in [0, 0.05) is 44.1 Å². The molecule has 1 saturated heterocycles. The Morgan fingerprint density at radius 3 is 2.77 bits per heavy atom. The van der Waals surface area contributed by atoms with Crippen LogP contribution in [0.1, 0.15) is 26.3 Å². The molecule has 2 atom stereocenters. The zero-order valence-electron chi connectivity index (χ0n) is 18.3. The summed E-state index contributed by atoms with van der Waals surface area (Å²) in [5.74, 6) is 0.883. The van der Waals surface area contributed by atoms with Crippen molar-refractivity contribution >= 4 is 29.9 Å². The second-order valence-electron chi connectivity index (χ2n) is 7.52. The molecule has 2 unspecified atom stereocenters. The smallest absolute Gasteiger partial charge is 0.191 e. The predicted octanol–water partition coefficient (Wildman–Crippen LogP) is 2.70. The molecular weight excluding hydrogens is 491 g/mol. The van der Waals surface area contributed by atoms with Gasteiger partial charge < -0.3 is 15.4 Å². The van der Waals surface area contributed by atoms with E-state index in [1.54, 1.807) is 6.20 Å². The van der Waals surface area contributed by atoms with Crippen LogP contribution >= 0.6 is 24.0 Å². The van der Waals surface area contributed by atoms with Crippen molar-refractivity contribution in [2.45, 2.75) is 39.3 Å². The minimum absolute atomic E-state index is 0. The fourth-order valence-corrected chi connectivity index (χ4v) is 3.63. The van der Waals surface area contributed by atoms with Crippen LogP contribution in [0.15, 0.2) is 47.7 Å². The van der Waals surface area contributed by atoms with Crippen LogP contribution in [0, 0.1) is 0 Å². The highest BCUT2D eigenvalue weighted by Gasteiger charge is 2.23. The largest absolute Gasteiger partial charge is 0.379 e. The first-order valence-corrected chi connectivity index (χ1v) is 10.6. The van der Waals surface area contributed by atoms with Gasteiger partial charge >= 0.3 is 0 Å². The molecule has 0 saturated carbocycles. The van der Waals surface area contributed by atoms with Crippen LogP contribution in [0.4, 0.5) is 0 Å². The average Bonchev–Trinajstić information content (AvgIpc) is 3.27. The molecule has 1 aromatic heterocycles. The molecule has 0 aliphatic carbocycles. The van der Waals surface area contributed by atoms with Gasteiger partial charge in [0.05, 0.1) is 25.4 Å². The highest BCUT2D eigenvalue weighted by atomic mass is 127. The predicted molar refractivity (Wildman–Crippen MR) is 133 cm³/mol. The van der Waals surface area contributed by atoms with E-state index >= 15 is 0 Å². The van der Waals surface area contributed by atoms with Crippen LogP contribution in [0.2, 0.25) is 0 Å². The van der Waals surface area contributed by atoms with Crippen molar-refractivity contribution in [3.8, 4) is 5.69 Å². The summed E-state index contributed by atoms with van der Waals surface area (Å²) >= 11 is 0. The number of aliphatic imine (C=N–C) groups is 1. The van der Waals surface area contributed by atoms with Crippen molar-refractivity contribution in [3.63, 3.8) is 0 Å². The van der Waals surface area contributed by atoms with Gasteiger partial charge in [0.25, 0.3) is 0 Å². The molecule has 2 N–H and O–H groups in total. The van der Waals surface area contributed by atoms with Gasteiger partial charge in [0.15, 0.2) is 5.96 Å². The number of benzene rings is 1. The van der Waals surface area contributed by atoms with E-state index in [0.717, 1.165) is 57.5 Å². The maximum Gasteiger partial charge on any atom is 0.191 e. The minimum Gasteiger partial charge on any atom is -0.379 e. The van der Waals surface area contributed by atoms with Gasteiger partial charge in [-0.25, -0.2) is 4.68 Å². The lowest BCUT2D eigenvalue weighted by Crippen LogP contribution is -2.49. The fraction of sp³-hybridized carbons (Fsp3) is 0.545. The number of ether oxygens (including phenoxy) is 1. The molecule has 1 aliphatic rings. The summed E-state index contributed by atoms with van der Waals surface area (Å²) in [6.07, 6.45) is 4.69. The number of aromatic nitrogens is 2. The van der Waals surface area contributed by atoms with Crippen molar-refractivity contribution in [2.75, 3.05) is 39.4 Å². The first-order valence-electron chi connectivity index (χ1n) is 10.6. The molecular formula is C22H35IN6O. The molecule has 30 heavy (non-hydrogen) atoms. The third-order valence-corrected chi connectivity index (χ3v) is 5.25. The van der Waals surface area contributed by atoms with Crippen molar-refractivity contribution in [3.05, 3.63) is 48.3 Å². The molecule has 0 radical (unpaired) electrons. The van der Waals surface area contributed by atoms with Crippen molar-refractivity contribution in [1.82, 2.24) is 25.3 Å². The topological polar surface area (TPSA) is 66.7 Å². The van der Waals surface area contributed by atoms with Gasteiger partial charge in [0.1, 0.15) is 0 Å². The fourth-order valence-electron chi connectivity index (χ4n) is 3.63. The zero-order chi connectivity index (χ0) is 20.5. The van der Waals surface area contributed by atoms with E-state index in [4.69, 9.17) is 9.73 Å². The SMILES string of the molecule is CCNC(=NCC(C)N1CCOCC1C)NCCc1ccc(-n2cccn2)cc1.I. The van der Waals surface area contributed by atoms with E-state index in [0.29, 0.717) is 12.1 Å². The number of nitrogens with one attached hydrogen (secondary N) is 2. The maximum atomic E-state index is 5.54. The second-order valence-corrected chi connectivity index (χ2v) is 7.52. The van der Waals surface area contributed by atoms with E-state index < -0.39 is 0 Å². The molecule has 1 fully saturated rings. The first kappa shape index (κ1) is 24.6. The molecule has 3 rings (SSSR count). The van der Waals surface area contributed by atoms with Gasteiger partial charge in [-0.2, -0.15) is 5.10 Å². The van der Waals surface area contributed by atoms with E-state index in [9.17, 15) is 0 Å². The molecule has 0 spiro atoms. The van der Waals surface area contributed by atoms with E-state index in [2.05, 4.69) is 65.7 Å². The average molecular weight is 526 g/mol.